The van der Waals surface area contributed by atoms with E-state index < -0.39 is 23.6 Å². The Labute approximate surface area is 120 Å². The number of aromatic nitrogens is 2. The van der Waals surface area contributed by atoms with Crippen LogP contribution in [-0.4, -0.2) is 20.6 Å². The van der Waals surface area contributed by atoms with E-state index in [9.17, 15) is 14.4 Å². The number of hydrogen-bond donors (Lipinski definition) is 2. The molecule has 1 aromatic heterocycles. The number of hydrogen-bond acceptors (Lipinski definition) is 3. The van der Waals surface area contributed by atoms with Crippen LogP contribution in [0.2, 0.25) is 0 Å². The predicted octanol–water partition coefficient (Wildman–Crippen LogP) is 0.715. The molecule has 1 heterocycles. The van der Waals surface area contributed by atoms with Gasteiger partial charge in [0.05, 0.1) is 6.42 Å². The van der Waals surface area contributed by atoms with Gasteiger partial charge in [-0.1, -0.05) is 30.3 Å². The number of benzene rings is 1. The van der Waals surface area contributed by atoms with Crippen molar-refractivity contribution in [1.29, 1.82) is 0 Å². The summed E-state index contributed by atoms with van der Waals surface area (Å²) in [7, 11) is 0. The molecule has 0 aliphatic heterocycles. The molecule has 6 heteroatoms. The van der Waals surface area contributed by atoms with Crippen molar-refractivity contribution in [2.24, 2.45) is 0 Å². The lowest BCUT2D eigenvalue weighted by Gasteiger charge is -2.09. The molecule has 2 N–H and O–H groups in total. The van der Waals surface area contributed by atoms with Gasteiger partial charge < -0.3 is 10.1 Å². The fourth-order valence-corrected chi connectivity index (χ4v) is 2.17. The molecule has 0 amide bonds. The van der Waals surface area contributed by atoms with Crippen LogP contribution < -0.4 is 11.2 Å². The minimum Gasteiger partial charge on any atom is -0.481 e. The van der Waals surface area contributed by atoms with Crippen LogP contribution in [0, 0.1) is 6.92 Å². The first-order chi connectivity index (χ1) is 9.99. The predicted molar refractivity (Wildman–Crippen MR) is 77.5 cm³/mol. The number of rotatable bonds is 5. The number of aromatic amines is 1. The fourth-order valence-electron chi connectivity index (χ4n) is 2.17. The van der Waals surface area contributed by atoms with Gasteiger partial charge in [-0.25, -0.2) is 4.79 Å². The highest BCUT2D eigenvalue weighted by molar-refractivity contribution is 5.70. The quantitative estimate of drug-likeness (QED) is 0.847. The molecule has 0 atom stereocenters. The van der Waals surface area contributed by atoms with E-state index in [0.29, 0.717) is 12.1 Å². The minimum absolute atomic E-state index is 0.121. The molecule has 0 saturated carbocycles. The van der Waals surface area contributed by atoms with Crippen LogP contribution in [0.4, 0.5) is 0 Å². The zero-order valence-corrected chi connectivity index (χ0v) is 11.6. The zero-order valence-electron chi connectivity index (χ0n) is 11.6. The number of aliphatic carboxylic acids is 1. The van der Waals surface area contributed by atoms with E-state index >= 15 is 0 Å². The van der Waals surface area contributed by atoms with Crippen molar-refractivity contribution in [2.45, 2.75) is 26.3 Å². The van der Waals surface area contributed by atoms with Gasteiger partial charge in [-0.15, -0.1) is 0 Å². The van der Waals surface area contributed by atoms with E-state index in [0.717, 1.165) is 10.1 Å². The molecule has 0 bridgehead atoms. The van der Waals surface area contributed by atoms with E-state index in [-0.39, 0.29) is 12.1 Å². The molecule has 0 saturated heterocycles. The molecular formula is C15H16N2O4. The summed E-state index contributed by atoms with van der Waals surface area (Å²) in [5, 5.41) is 8.84. The van der Waals surface area contributed by atoms with Crippen molar-refractivity contribution in [3.63, 3.8) is 0 Å². The normalized spacial score (nSPS) is 10.5. The fraction of sp³-hybridized carbons (Fsp3) is 0.267. The maximum Gasteiger partial charge on any atom is 0.328 e. The highest BCUT2D eigenvalue weighted by Crippen LogP contribution is 2.01. The van der Waals surface area contributed by atoms with Crippen molar-refractivity contribution < 1.29 is 9.90 Å². The molecule has 2 aromatic rings. The topological polar surface area (TPSA) is 92.2 Å². The lowest BCUT2D eigenvalue weighted by atomic mass is 10.1. The van der Waals surface area contributed by atoms with Crippen molar-refractivity contribution in [3.8, 4) is 0 Å². The van der Waals surface area contributed by atoms with E-state index in [4.69, 9.17) is 5.11 Å². The third-order valence-corrected chi connectivity index (χ3v) is 3.29. The molecule has 1 aromatic carbocycles. The first kappa shape index (κ1) is 14.8. The molecule has 0 spiro atoms. The highest BCUT2D eigenvalue weighted by Gasteiger charge is 2.14. The Bertz CT molecular complexity index is 759. The smallest absolute Gasteiger partial charge is 0.328 e. The number of carbonyl (C=O) groups is 1. The molecule has 0 aliphatic carbocycles. The average Bonchev–Trinajstić information content (AvgIpc) is 2.44. The zero-order chi connectivity index (χ0) is 15.4. The van der Waals surface area contributed by atoms with Gasteiger partial charge in [-0.05, 0) is 18.9 Å². The summed E-state index contributed by atoms with van der Waals surface area (Å²) >= 11 is 0. The summed E-state index contributed by atoms with van der Waals surface area (Å²) in [6.45, 7) is 1.74. The summed E-state index contributed by atoms with van der Waals surface area (Å²) in [4.78, 5) is 37.5. The third-order valence-electron chi connectivity index (χ3n) is 3.29. The summed E-state index contributed by atoms with van der Waals surface area (Å²) < 4.78 is 1.05. The molecule has 21 heavy (non-hydrogen) atoms. The SMILES string of the molecule is Cc1[nH]c(=O)n(CCc2ccccc2)c(=O)c1CC(=O)O. The van der Waals surface area contributed by atoms with Gasteiger partial charge in [0.25, 0.3) is 5.56 Å². The molecule has 0 aliphatic rings. The molecule has 0 fully saturated rings. The second-order valence-corrected chi connectivity index (χ2v) is 4.80. The maximum absolute atomic E-state index is 12.2. The van der Waals surface area contributed by atoms with Gasteiger partial charge in [0.1, 0.15) is 0 Å². The molecule has 110 valence electrons. The summed E-state index contributed by atoms with van der Waals surface area (Å²) in [5.41, 5.74) is 0.389. The monoisotopic (exact) mass is 288 g/mol. The van der Waals surface area contributed by atoms with Crippen LogP contribution >= 0.6 is 0 Å². The number of nitrogens with zero attached hydrogens (tertiary/aromatic N) is 1. The van der Waals surface area contributed by atoms with Crippen LogP contribution in [0.3, 0.4) is 0 Å². The Morgan fingerprint density at radius 3 is 2.52 bits per heavy atom. The second-order valence-electron chi connectivity index (χ2n) is 4.80. The van der Waals surface area contributed by atoms with Gasteiger partial charge in [0.2, 0.25) is 0 Å². The largest absolute Gasteiger partial charge is 0.481 e. The van der Waals surface area contributed by atoms with Crippen LogP contribution in [0.5, 0.6) is 0 Å². The first-order valence-electron chi connectivity index (χ1n) is 6.57. The molecule has 0 radical (unpaired) electrons. The van der Waals surface area contributed by atoms with Gasteiger partial charge in [-0.2, -0.15) is 0 Å². The number of carboxylic acid groups (broad SMARTS) is 1. The van der Waals surface area contributed by atoms with Crippen LogP contribution in [0.15, 0.2) is 39.9 Å². The summed E-state index contributed by atoms with van der Waals surface area (Å²) in [5.74, 6) is -1.10. The van der Waals surface area contributed by atoms with Crippen molar-refractivity contribution in [1.82, 2.24) is 9.55 Å². The van der Waals surface area contributed by atoms with Crippen molar-refractivity contribution >= 4 is 5.97 Å². The maximum atomic E-state index is 12.2. The Balaban J connectivity index is 2.33. The Morgan fingerprint density at radius 2 is 1.90 bits per heavy atom. The van der Waals surface area contributed by atoms with E-state index in [2.05, 4.69) is 4.98 Å². The van der Waals surface area contributed by atoms with Crippen LogP contribution in [0.1, 0.15) is 16.8 Å². The molecule has 2 rings (SSSR count). The lowest BCUT2D eigenvalue weighted by molar-refractivity contribution is -0.136. The third kappa shape index (κ3) is 3.47. The van der Waals surface area contributed by atoms with E-state index in [1.54, 1.807) is 0 Å². The average molecular weight is 288 g/mol. The molecule has 0 unspecified atom stereocenters. The van der Waals surface area contributed by atoms with Gasteiger partial charge >= 0.3 is 11.7 Å². The van der Waals surface area contributed by atoms with Crippen LogP contribution in [-0.2, 0) is 24.2 Å². The van der Waals surface area contributed by atoms with Gasteiger partial charge in [0.15, 0.2) is 0 Å². The van der Waals surface area contributed by atoms with Gasteiger partial charge in [0, 0.05) is 17.8 Å². The van der Waals surface area contributed by atoms with E-state index in [1.165, 1.54) is 6.92 Å². The first-order valence-corrected chi connectivity index (χ1v) is 6.57. The number of carboxylic acids is 1. The van der Waals surface area contributed by atoms with Gasteiger partial charge in [-0.3, -0.25) is 14.2 Å². The highest BCUT2D eigenvalue weighted by atomic mass is 16.4. The Hall–Kier alpha value is -2.63. The number of H-pyrrole nitrogens is 1. The van der Waals surface area contributed by atoms with Crippen LogP contribution in [0.25, 0.3) is 0 Å². The minimum atomic E-state index is -1.10. The summed E-state index contributed by atoms with van der Waals surface area (Å²) in [6.07, 6.45) is 0.131. The molecular weight excluding hydrogens is 272 g/mol. The lowest BCUT2D eigenvalue weighted by Crippen LogP contribution is -2.39. The molecule has 6 nitrogen and oxygen atoms in total. The number of aryl methyl sites for hydroxylation is 2. The standard InChI is InChI=1S/C15H16N2O4/c1-10-12(9-13(18)19)14(20)17(15(21)16-10)8-7-11-5-3-2-4-6-11/h2-6H,7-9H2,1H3,(H,16,21)(H,18,19). The Morgan fingerprint density at radius 1 is 1.24 bits per heavy atom. The Kier molecular flexibility index (Phi) is 4.37. The number of nitrogens with one attached hydrogen (secondary N) is 1. The van der Waals surface area contributed by atoms with E-state index in [1.807, 2.05) is 30.3 Å². The summed E-state index contributed by atoms with van der Waals surface area (Å²) in [6, 6.07) is 9.47. The second kappa shape index (κ2) is 6.21. The van der Waals surface area contributed by atoms with Crippen molar-refractivity contribution in [2.75, 3.05) is 0 Å². The van der Waals surface area contributed by atoms with Crippen molar-refractivity contribution in [3.05, 3.63) is 68.0 Å².